The van der Waals surface area contributed by atoms with Crippen molar-refractivity contribution >= 4 is 11.3 Å². The van der Waals surface area contributed by atoms with Crippen LogP contribution >= 0.6 is 11.3 Å². The van der Waals surface area contributed by atoms with Gasteiger partial charge in [-0.05, 0) is 6.92 Å². The predicted molar refractivity (Wildman–Crippen MR) is 46.8 cm³/mol. The molecule has 2 aromatic rings. The van der Waals surface area contributed by atoms with Crippen molar-refractivity contribution in [2.75, 3.05) is 0 Å². The van der Waals surface area contributed by atoms with E-state index in [4.69, 9.17) is 0 Å². The third-order valence-corrected chi connectivity index (χ3v) is 2.42. The van der Waals surface area contributed by atoms with Crippen molar-refractivity contribution in [3.8, 4) is 5.13 Å². The topological polar surface area (TPSA) is 50.7 Å². The molecule has 0 radical (unpaired) electrons. The minimum Gasteiger partial charge on any atom is -0.312 e. The van der Waals surface area contributed by atoms with Gasteiger partial charge in [-0.1, -0.05) is 0 Å². The Morgan fingerprint density at radius 2 is 2.50 bits per heavy atom. The summed E-state index contributed by atoms with van der Waals surface area (Å²) in [7, 11) is 0. The van der Waals surface area contributed by atoms with Crippen molar-refractivity contribution in [3.63, 3.8) is 0 Å². The molecule has 0 saturated heterocycles. The summed E-state index contributed by atoms with van der Waals surface area (Å²) in [5.41, 5.74) is 0.785. The average molecular weight is 181 g/mol. The second-order valence-corrected chi connectivity index (χ2v) is 3.24. The first-order valence-corrected chi connectivity index (χ1v) is 4.34. The standard InChI is InChI=1S/C7H7N3OS/c1-5-4-12-7(9-5)10-3-2-8-6(10)11/h2-4H,1H3,(H,8,11). The Bertz CT molecular complexity index is 439. The van der Waals surface area contributed by atoms with Crippen LogP contribution in [0.1, 0.15) is 5.69 Å². The van der Waals surface area contributed by atoms with E-state index >= 15 is 0 Å². The maximum atomic E-state index is 11.1. The van der Waals surface area contributed by atoms with Crippen LogP contribution in [0.2, 0.25) is 0 Å². The van der Waals surface area contributed by atoms with Crippen LogP contribution in [0.4, 0.5) is 0 Å². The van der Waals surface area contributed by atoms with Crippen LogP contribution in [0, 0.1) is 6.92 Å². The second-order valence-electron chi connectivity index (χ2n) is 2.41. The minimum absolute atomic E-state index is 0.149. The molecular formula is C7H7N3OS. The van der Waals surface area contributed by atoms with E-state index in [2.05, 4.69) is 9.97 Å². The van der Waals surface area contributed by atoms with Gasteiger partial charge >= 0.3 is 5.69 Å². The first-order valence-electron chi connectivity index (χ1n) is 3.46. The third kappa shape index (κ3) is 1.08. The highest BCUT2D eigenvalue weighted by atomic mass is 32.1. The average Bonchev–Trinajstić information content (AvgIpc) is 2.58. The third-order valence-electron chi connectivity index (χ3n) is 1.46. The Labute approximate surface area is 72.5 Å². The van der Waals surface area contributed by atoms with Gasteiger partial charge < -0.3 is 4.98 Å². The summed E-state index contributed by atoms with van der Waals surface area (Å²) in [5.74, 6) is 0. The highest BCUT2D eigenvalue weighted by Gasteiger charge is 2.02. The van der Waals surface area contributed by atoms with E-state index in [9.17, 15) is 4.79 Å². The Hall–Kier alpha value is -1.36. The van der Waals surface area contributed by atoms with Crippen LogP contribution in [-0.4, -0.2) is 14.5 Å². The van der Waals surface area contributed by atoms with E-state index in [0.29, 0.717) is 5.13 Å². The van der Waals surface area contributed by atoms with Crippen LogP contribution in [-0.2, 0) is 0 Å². The summed E-state index contributed by atoms with van der Waals surface area (Å²) in [6.45, 7) is 1.90. The normalized spacial score (nSPS) is 10.4. The van der Waals surface area contributed by atoms with Gasteiger partial charge in [0.1, 0.15) is 0 Å². The van der Waals surface area contributed by atoms with Gasteiger partial charge in [-0.3, -0.25) is 0 Å². The van der Waals surface area contributed by atoms with Crippen molar-refractivity contribution < 1.29 is 0 Å². The number of aromatic amines is 1. The number of thiazole rings is 1. The number of aromatic nitrogens is 3. The predicted octanol–water partition coefficient (Wildman–Crippen LogP) is 0.931. The zero-order valence-electron chi connectivity index (χ0n) is 6.44. The quantitative estimate of drug-likeness (QED) is 0.711. The lowest BCUT2D eigenvalue weighted by molar-refractivity contribution is 0.962. The molecule has 2 aromatic heterocycles. The smallest absolute Gasteiger partial charge is 0.312 e. The molecule has 0 spiro atoms. The maximum Gasteiger partial charge on any atom is 0.331 e. The van der Waals surface area contributed by atoms with Gasteiger partial charge in [0.15, 0.2) is 5.13 Å². The molecule has 1 N–H and O–H groups in total. The first kappa shape index (κ1) is 7.30. The van der Waals surface area contributed by atoms with Crippen LogP contribution in [0.15, 0.2) is 22.6 Å². The summed E-state index contributed by atoms with van der Waals surface area (Å²) in [4.78, 5) is 17.8. The molecule has 12 heavy (non-hydrogen) atoms. The number of hydrogen-bond acceptors (Lipinski definition) is 3. The number of imidazole rings is 1. The first-order chi connectivity index (χ1) is 5.77. The second kappa shape index (κ2) is 2.60. The molecule has 2 heterocycles. The summed E-state index contributed by atoms with van der Waals surface area (Å²) in [6, 6.07) is 0. The lowest BCUT2D eigenvalue weighted by Gasteiger charge is -1.90. The van der Waals surface area contributed by atoms with Gasteiger partial charge in [0, 0.05) is 17.8 Å². The van der Waals surface area contributed by atoms with Gasteiger partial charge in [0.2, 0.25) is 0 Å². The molecule has 0 aromatic carbocycles. The SMILES string of the molecule is Cc1csc(-n2cc[nH]c2=O)n1. The van der Waals surface area contributed by atoms with Gasteiger partial charge in [-0.25, -0.2) is 14.3 Å². The molecule has 0 aliphatic carbocycles. The van der Waals surface area contributed by atoms with Gasteiger partial charge in [-0.15, -0.1) is 11.3 Å². The van der Waals surface area contributed by atoms with E-state index in [1.54, 1.807) is 12.4 Å². The number of aryl methyl sites for hydroxylation is 1. The van der Waals surface area contributed by atoms with Gasteiger partial charge in [0.05, 0.1) is 5.69 Å². The van der Waals surface area contributed by atoms with Crippen molar-refractivity contribution in [2.24, 2.45) is 0 Å². The largest absolute Gasteiger partial charge is 0.331 e. The monoisotopic (exact) mass is 181 g/mol. The number of nitrogens with zero attached hydrogens (tertiary/aromatic N) is 2. The zero-order chi connectivity index (χ0) is 8.55. The van der Waals surface area contributed by atoms with E-state index in [-0.39, 0.29) is 5.69 Å². The molecule has 5 heteroatoms. The molecule has 0 bridgehead atoms. The van der Waals surface area contributed by atoms with E-state index < -0.39 is 0 Å². The lowest BCUT2D eigenvalue weighted by atomic mass is 10.6. The van der Waals surface area contributed by atoms with E-state index in [1.807, 2.05) is 12.3 Å². The molecule has 0 aliphatic heterocycles. The fourth-order valence-electron chi connectivity index (χ4n) is 0.923. The fourth-order valence-corrected chi connectivity index (χ4v) is 1.71. The molecule has 2 rings (SSSR count). The van der Waals surface area contributed by atoms with Crippen molar-refractivity contribution in [1.29, 1.82) is 0 Å². The molecule has 0 atom stereocenters. The summed E-state index contributed by atoms with van der Waals surface area (Å²) in [5, 5.41) is 2.62. The molecule has 62 valence electrons. The van der Waals surface area contributed by atoms with Crippen molar-refractivity contribution in [3.05, 3.63) is 34.0 Å². The van der Waals surface area contributed by atoms with Gasteiger partial charge in [-0.2, -0.15) is 0 Å². The number of nitrogens with one attached hydrogen (secondary N) is 1. The van der Waals surface area contributed by atoms with Crippen molar-refractivity contribution in [2.45, 2.75) is 6.92 Å². The van der Waals surface area contributed by atoms with Crippen LogP contribution in [0.25, 0.3) is 5.13 Å². The summed E-state index contributed by atoms with van der Waals surface area (Å²) < 4.78 is 1.48. The van der Waals surface area contributed by atoms with E-state index in [1.165, 1.54) is 15.9 Å². The summed E-state index contributed by atoms with van der Waals surface area (Å²) >= 11 is 1.45. The molecule has 0 fully saturated rings. The number of rotatable bonds is 1. The number of H-pyrrole nitrogens is 1. The fraction of sp³-hybridized carbons (Fsp3) is 0.143. The highest BCUT2D eigenvalue weighted by molar-refractivity contribution is 7.12. The Morgan fingerprint density at radius 1 is 1.67 bits per heavy atom. The van der Waals surface area contributed by atoms with Crippen LogP contribution < -0.4 is 5.69 Å². The Kier molecular flexibility index (Phi) is 1.58. The van der Waals surface area contributed by atoms with Crippen LogP contribution in [0.3, 0.4) is 0 Å². The van der Waals surface area contributed by atoms with Crippen molar-refractivity contribution in [1.82, 2.24) is 14.5 Å². The molecule has 0 aliphatic rings. The van der Waals surface area contributed by atoms with E-state index in [0.717, 1.165) is 5.69 Å². The van der Waals surface area contributed by atoms with Gasteiger partial charge in [0.25, 0.3) is 0 Å². The Morgan fingerprint density at radius 3 is 3.00 bits per heavy atom. The maximum absolute atomic E-state index is 11.1. The van der Waals surface area contributed by atoms with Crippen LogP contribution in [0.5, 0.6) is 0 Å². The molecule has 0 saturated carbocycles. The Balaban J connectivity index is 2.58. The molecule has 4 nitrogen and oxygen atoms in total. The molecule has 0 unspecified atom stereocenters. The highest BCUT2D eigenvalue weighted by Crippen LogP contribution is 2.11. The molecular weight excluding hydrogens is 174 g/mol. The number of hydrogen-bond donors (Lipinski definition) is 1. The lowest BCUT2D eigenvalue weighted by Crippen LogP contribution is -2.13. The minimum atomic E-state index is -0.149. The summed E-state index contributed by atoms with van der Waals surface area (Å²) in [6.07, 6.45) is 3.26. The molecule has 0 amide bonds. The zero-order valence-corrected chi connectivity index (χ0v) is 7.26.